The van der Waals surface area contributed by atoms with Crippen LogP contribution >= 0.6 is 0 Å². The highest BCUT2D eigenvalue weighted by Gasteiger charge is 2.30. The van der Waals surface area contributed by atoms with Crippen molar-refractivity contribution in [3.8, 4) is 5.75 Å². The number of halogens is 3. The quantitative estimate of drug-likeness (QED) is 0.682. The fraction of sp³-hybridized carbons (Fsp3) is 0.600. The average molecular weight is 305 g/mol. The van der Waals surface area contributed by atoms with Gasteiger partial charge in [-0.25, -0.2) is 0 Å². The summed E-state index contributed by atoms with van der Waals surface area (Å²) in [6, 6.07) is 5.97. The zero-order valence-electron chi connectivity index (χ0n) is 12.1. The number of hydrogen-bond acceptors (Lipinski definition) is 3. The fourth-order valence-electron chi connectivity index (χ4n) is 1.98. The van der Waals surface area contributed by atoms with Crippen LogP contribution in [0.15, 0.2) is 24.3 Å². The first-order valence-electron chi connectivity index (χ1n) is 7.12. The number of hydrogen-bond donors (Lipinski definition) is 2. The van der Waals surface area contributed by atoms with Gasteiger partial charge in [0.15, 0.2) is 0 Å². The summed E-state index contributed by atoms with van der Waals surface area (Å²) in [5.74, 6) is -0.206. The maximum absolute atomic E-state index is 12.0. The molecule has 0 bridgehead atoms. The van der Waals surface area contributed by atoms with Gasteiger partial charge in [0.25, 0.3) is 0 Å². The van der Waals surface area contributed by atoms with Gasteiger partial charge in [-0.2, -0.15) is 0 Å². The Morgan fingerprint density at radius 3 is 2.29 bits per heavy atom. The zero-order chi connectivity index (χ0) is 15.7. The van der Waals surface area contributed by atoms with E-state index < -0.39 is 6.36 Å². The summed E-state index contributed by atoms with van der Waals surface area (Å²) >= 11 is 0. The lowest BCUT2D eigenvalue weighted by molar-refractivity contribution is -0.274. The summed E-state index contributed by atoms with van der Waals surface area (Å²) in [7, 11) is 0. The van der Waals surface area contributed by atoms with E-state index in [4.69, 9.17) is 5.11 Å². The van der Waals surface area contributed by atoms with Crippen molar-refractivity contribution in [1.29, 1.82) is 0 Å². The van der Waals surface area contributed by atoms with Crippen LogP contribution < -0.4 is 10.1 Å². The van der Waals surface area contributed by atoms with Gasteiger partial charge in [0.05, 0.1) is 0 Å². The number of ether oxygens (including phenoxy) is 1. The smallest absolute Gasteiger partial charge is 0.406 e. The molecule has 1 rings (SSSR count). The van der Waals surface area contributed by atoms with E-state index in [1.807, 2.05) is 6.92 Å². The fourth-order valence-corrected chi connectivity index (χ4v) is 1.98. The second kappa shape index (κ2) is 8.89. The van der Waals surface area contributed by atoms with Crippen molar-refractivity contribution in [3.63, 3.8) is 0 Å². The Bertz CT molecular complexity index is 393. The molecule has 0 saturated heterocycles. The molecule has 0 aliphatic heterocycles. The zero-order valence-corrected chi connectivity index (χ0v) is 12.1. The van der Waals surface area contributed by atoms with Crippen LogP contribution in [-0.4, -0.2) is 24.6 Å². The molecule has 21 heavy (non-hydrogen) atoms. The Morgan fingerprint density at radius 2 is 1.71 bits per heavy atom. The molecule has 2 N–H and O–H groups in total. The third kappa shape index (κ3) is 7.92. The summed E-state index contributed by atoms with van der Waals surface area (Å²) in [6.07, 6.45) is -0.746. The number of benzene rings is 1. The highest BCUT2D eigenvalue weighted by atomic mass is 19.4. The molecule has 0 fully saturated rings. The molecule has 0 saturated carbocycles. The minimum atomic E-state index is -4.65. The molecule has 6 heteroatoms. The second-order valence-electron chi connectivity index (χ2n) is 4.93. The summed E-state index contributed by atoms with van der Waals surface area (Å²) in [5.41, 5.74) is 0.917. The first-order chi connectivity index (χ1) is 9.92. The lowest BCUT2D eigenvalue weighted by atomic mass is 10.1. The van der Waals surface area contributed by atoms with E-state index in [2.05, 4.69) is 10.1 Å². The molecule has 1 aromatic carbocycles. The van der Waals surface area contributed by atoms with E-state index in [1.54, 1.807) is 12.1 Å². The number of rotatable bonds is 9. The monoisotopic (exact) mass is 305 g/mol. The number of nitrogens with one attached hydrogen (secondary N) is 1. The van der Waals surface area contributed by atoms with Crippen LogP contribution in [0.5, 0.6) is 5.75 Å². The average Bonchev–Trinajstić information content (AvgIpc) is 2.41. The van der Waals surface area contributed by atoms with E-state index in [1.165, 1.54) is 12.1 Å². The van der Waals surface area contributed by atoms with Gasteiger partial charge in [-0.15, -0.1) is 13.2 Å². The van der Waals surface area contributed by atoms with Crippen LogP contribution in [0.2, 0.25) is 0 Å². The van der Waals surface area contributed by atoms with Crippen LogP contribution in [0.25, 0.3) is 0 Å². The van der Waals surface area contributed by atoms with Crippen molar-refractivity contribution in [2.24, 2.45) is 0 Å². The molecule has 0 aliphatic rings. The van der Waals surface area contributed by atoms with Crippen molar-refractivity contribution in [1.82, 2.24) is 5.32 Å². The Labute approximate surface area is 123 Å². The lowest BCUT2D eigenvalue weighted by Gasteiger charge is -2.15. The van der Waals surface area contributed by atoms with Crippen LogP contribution in [-0.2, 0) is 0 Å². The molecule has 0 heterocycles. The minimum Gasteiger partial charge on any atom is -0.406 e. The Hall–Kier alpha value is -1.27. The highest BCUT2D eigenvalue weighted by Crippen LogP contribution is 2.24. The molecule has 3 nitrogen and oxygen atoms in total. The summed E-state index contributed by atoms with van der Waals surface area (Å²) in [5, 5.41) is 12.0. The minimum absolute atomic E-state index is 0.0720. The van der Waals surface area contributed by atoms with Crippen LogP contribution in [0.1, 0.15) is 44.2 Å². The van der Waals surface area contributed by atoms with Gasteiger partial charge < -0.3 is 15.2 Å². The topological polar surface area (TPSA) is 41.5 Å². The third-order valence-corrected chi connectivity index (χ3v) is 3.15. The van der Waals surface area contributed by atoms with E-state index in [9.17, 15) is 13.2 Å². The molecule has 1 aromatic rings. The number of aliphatic hydroxyl groups excluding tert-OH is 1. The maximum atomic E-state index is 12.0. The number of aliphatic hydroxyl groups is 1. The van der Waals surface area contributed by atoms with Gasteiger partial charge in [-0.05, 0) is 44.0 Å². The van der Waals surface area contributed by atoms with Crippen molar-refractivity contribution in [3.05, 3.63) is 29.8 Å². The molecule has 0 aromatic heterocycles. The molecule has 120 valence electrons. The van der Waals surface area contributed by atoms with Gasteiger partial charge >= 0.3 is 6.36 Å². The predicted molar refractivity (Wildman–Crippen MR) is 75.1 cm³/mol. The van der Waals surface area contributed by atoms with Gasteiger partial charge in [0.2, 0.25) is 0 Å². The molecule has 1 atom stereocenters. The normalized spacial score (nSPS) is 13.2. The van der Waals surface area contributed by atoms with E-state index in [0.717, 1.165) is 37.8 Å². The summed E-state index contributed by atoms with van der Waals surface area (Å²) < 4.78 is 40.0. The van der Waals surface area contributed by atoms with Gasteiger partial charge in [0, 0.05) is 12.6 Å². The molecule has 0 aliphatic carbocycles. The van der Waals surface area contributed by atoms with Crippen LogP contribution in [0.3, 0.4) is 0 Å². The molecule has 1 unspecified atom stereocenters. The Kier molecular flexibility index (Phi) is 7.53. The second-order valence-corrected chi connectivity index (χ2v) is 4.93. The first kappa shape index (κ1) is 17.8. The molecule has 0 amide bonds. The number of alkyl halides is 3. The molecular weight excluding hydrogens is 283 g/mol. The first-order valence-corrected chi connectivity index (χ1v) is 7.12. The Morgan fingerprint density at radius 1 is 1.10 bits per heavy atom. The van der Waals surface area contributed by atoms with Gasteiger partial charge in [-0.1, -0.05) is 25.0 Å². The van der Waals surface area contributed by atoms with Crippen LogP contribution in [0.4, 0.5) is 13.2 Å². The third-order valence-electron chi connectivity index (χ3n) is 3.15. The maximum Gasteiger partial charge on any atom is 0.573 e. The standard InChI is InChI=1S/C15H22F3NO2/c1-12(19-10-4-2-3-5-11-20)13-6-8-14(9-7-13)21-15(16,17)18/h6-9,12,19-20H,2-5,10-11H2,1H3. The molecule has 0 radical (unpaired) electrons. The van der Waals surface area contributed by atoms with Gasteiger partial charge in [0.1, 0.15) is 5.75 Å². The molecule has 0 spiro atoms. The largest absolute Gasteiger partial charge is 0.573 e. The summed E-state index contributed by atoms with van der Waals surface area (Å²) in [6.45, 7) is 3.04. The van der Waals surface area contributed by atoms with Gasteiger partial charge in [-0.3, -0.25) is 0 Å². The SMILES string of the molecule is CC(NCCCCCCO)c1ccc(OC(F)(F)F)cc1. The Balaban J connectivity index is 2.32. The van der Waals surface area contributed by atoms with Crippen molar-refractivity contribution >= 4 is 0 Å². The van der Waals surface area contributed by atoms with E-state index in [0.29, 0.717) is 0 Å². The van der Waals surface area contributed by atoms with Crippen molar-refractivity contribution in [2.75, 3.05) is 13.2 Å². The van der Waals surface area contributed by atoms with Crippen LogP contribution in [0, 0.1) is 0 Å². The van der Waals surface area contributed by atoms with Crippen molar-refractivity contribution < 1.29 is 23.0 Å². The highest BCUT2D eigenvalue weighted by molar-refractivity contribution is 5.29. The number of unbranched alkanes of at least 4 members (excludes halogenated alkanes) is 3. The van der Waals surface area contributed by atoms with Crippen molar-refractivity contribution in [2.45, 2.75) is 45.0 Å². The molecular formula is C15H22F3NO2. The van der Waals surface area contributed by atoms with E-state index in [-0.39, 0.29) is 18.4 Å². The van der Waals surface area contributed by atoms with E-state index >= 15 is 0 Å². The predicted octanol–water partition coefficient (Wildman–Crippen LogP) is 3.79. The summed E-state index contributed by atoms with van der Waals surface area (Å²) in [4.78, 5) is 0. The lowest BCUT2D eigenvalue weighted by Crippen LogP contribution is -2.20.